The molecule has 0 unspecified atom stereocenters. The Balaban J connectivity index is 1.31. The Hall–Kier alpha value is -4.02. The average Bonchev–Trinajstić information content (AvgIpc) is 3.38. The Bertz CT molecular complexity index is 1700. The van der Waals surface area contributed by atoms with E-state index in [4.69, 9.17) is 16.6 Å². The molecule has 6 rings (SSSR count). The summed E-state index contributed by atoms with van der Waals surface area (Å²) in [4.78, 5) is 15.8. The van der Waals surface area contributed by atoms with Gasteiger partial charge in [-0.05, 0) is 55.7 Å². The van der Waals surface area contributed by atoms with E-state index >= 15 is 0 Å². The molecule has 11 heteroatoms. The second kappa shape index (κ2) is 10.0. The Morgan fingerprint density at radius 3 is 2.34 bits per heavy atom. The molecule has 1 aliphatic rings. The molecule has 2 N–H and O–H groups in total. The number of sulfonamides is 1. The number of H-pyrrole nitrogens is 1. The molecule has 1 aliphatic heterocycles. The maximum atomic E-state index is 12.8. The summed E-state index contributed by atoms with van der Waals surface area (Å²) in [5.41, 5.74) is 3.84. The molecule has 0 aliphatic carbocycles. The maximum absolute atomic E-state index is 12.8. The van der Waals surface area contributed by atoms with Crippen molar-refractivity contribution in [2.75, 3.05) is 22.7 Å². The Labute approximate surface area is 225 Å². The minimum absolute atomic E-state index is 0.0474. The van der Waals surface area contributed by atoms with Gasteiger partial charge in [-0.3, -0.25) is 9.82 Å². The van der Waals surface area contributed by atoms with Gasteiger partial charge in [0.2, 0.25) is 0 Å². The molecular formula is C27H24ClN7O2S. The number of pyridine rings is 3. The van der Waals surface area contributed by atoms with Gasteiger partial charge in [-0.15, -0.1) is 0 Å². The van der Waals surface area contributed by atoms with Gasteiger partial charge in [-0.25, -0.2) is 23.4 Å². The van der Waals surface area contributed by atoms with Crippen LogP contribution >= 0.6 is 11.6 Å². The van der Waals surface area contributed by atoms with Gasteiger partial charge in [-0.1, -0.05) is 29.8 Å². The maximum Gasteiger partial charge on any atom is 0.261 e. The summed E-state index contributed by atoms with van der Waals surface area (Å²) in [6.07, 6.45) is 8.76. The van der Waals surface area contributed by atoms with Crippen molar-refractivity contribution in [2.24, 2.45) is 0 Å². The first kappa shape index (κ1) is 24.3. The lowest BCUT2D eigenvalue weighted by molar-refractivity contribution is 0.573. The molecule has 1 saturated heterocycles. The number of anilines is 2. The number of aromatic nitrogens is 5. The van der Waals surface area contributed by atoms with Crippen molar-refractivity contribution in [2.45, 2.75) is 24.2 Å². The molecule has 0 amide bonds. The molecule has 5 aromatic rings. The standard InChI is InChI=1S/C27H24ClN7O2S/c28-26-23(34-38(36,37)21-7-3-1-4-8-21)14-20(16-30-26)19-13-22-25(32-33-27(22)31-17-19)18-9-10-24(29-15-18)35-11-5-2-6-12-35/h1,3-4,7-10,13-17,34H,2,5-6,11-12H2,(H,31,32,33). The van der Waals surface area contributed by atoms with Crippen LogP contribution in [0.15, 0.2) is 78.1 Å². The summed E-state index contributed by atoms with van der Waals surface area (Å²) >= 11 is 6.25. The van der Waals surface area contributed by atoms with Crippen molar-refractivity contribution < 1.29 is 8.42 Å². The molecule has 0 saturated carbocycles. The number of halogens is 1. The summed E-state index contributed by atoms with van der Waals surface area (Å²) in [5, 5.41) is 8.30. The number of hydrogen-bond acceptors (Lipinski definition) is 7. The number of rotatable bonds is 6. The van der Waals surface area contributed by atoms with Crippen LogP contribution in [-0.2, 0) is 10.0 Å². The molecule has 0 radical (unpaired) electrons. The Kier molecular flexibility index (Phi) is 6.42. The lowest BCUT2D eigenvalue weighted by Gasteiger charge is -2.27. The number of nitrogens with one attached hydrogen (secondary N) is 2. The molecule has 1 fully saturated rings. The Morgan fingerprint density at radius 2 is 1.58 bits per heavy atom. The highest BCUT2D eigenvalue weighted by molar-refractivity contribution is 7.92. The smallest absolute Gasteiger partial charge is 0.261 e. The second-order valence-corrected chi connectivity index (χ2v) is 11.2. The van der Waals surface area contributed by atoms with E-state index in [0.717, 1.165) is 41.1 Å². The van der Waals surface area contributed by atoms with Gasteiger partial charge in [0.05, 0.1) is 16.3 Å². The van der Waals surface area contributed by atoms with E-state index in [2.05, 4.69) is 29.8 Å². The third kappa shape index (κ3) is 4.80. The molecule has 4 aromatic heterocycles. The summed E-state index contributed by atoms with van der Waals surface area (Å²) in [5.74, 6) is 0.980. The normalized spacial score (nSPS) is 14.1. The van der Waals surface area contributed by atoms with Gasteiger partial charge in [-0.2, -0.15) is 5.10 Å². The average molecular weight is 546 g/mol. The zero-order chi connectivity index (χ0) is 26.1. The molecule has 192 valence electrons. The first-order valence-corrected chi connectivity index (χ1v) is 14.1. The Morgan fingerprint density at radius 1 is 0.842 bits per heavy atom. The van der Waals surface area contributed by atoms with Crippen LogP contribution in [0, 0.1) is 0 Å². The highest BCUT2D eigenvalue weighted by atomic mass is 35.5. The quantitative estimate of drug-likeness (QED) is 0.269. The fraction of sp³-hybridized carbons (Fsp3) is 0.185. The lowest BCUT2D eigenvalue weighted by Crippen LogP contribution is -2.29. The first-order valence-electron chi connectivity index (χ1n) is 12.3. The molecule has 0 atom stereocenters. The first-order chi connectivity index (χ1) is 18.5. The largest absolute Gasteiger partial charge is 0.357 e. The van der Waals surface area contributed by atoms with Crippen molar-refractivity contribution in [1.82, 2.24) is 25.1 Å². The van der Waals surface area contributed by atoms with Gasteiger partial charge in [0.25, 0.3) is 10.0 Å². The molecule has 1 aromatic carbocycles. The van der Waals surface area contributed by atoms with Crippen molar-refractivity contribution in [3.05, 3.63) is 78.3 Å². The third-order valence-electron chi connectivity index (χ3n) is 6.60. The van der Waals surface area contributed by atoms with Crippen molar-refractivity contribution in [3.8, 4) is 22.4 Å². The fourth-order valence-corrected chi connectivity index (χ4v) is 5.89. The van der Waals surface area contributed by atoms with Crippen LogP contribution in [0.2, 0.25) is 5.15 Å². The van der Waals surface area contributed by atoms with E-state index in [1.165, 1.54) is 31.4 Å². The van der Waals surface area contributed by atoms with Crippen LogP contribution in [-0.4, -0.2) is 46.7 Å². The van der Waals surface area contributed by atoms with Gasteiger partial charge in [0.15, 0.2) is 10.8 Å². The van der Waals surface area contributed by atoms with E-state index in [0.29, 0.717) is 11.2 Å². The number of piperidine rings is 1. The van der Waals surface area contributed by atoms with Gasteiger partial charge >= 0.3 is 0 Å². The molecule has 9 nitrogen and oxygen atoms in total. The van der Waals surface area contributed by atoms with Crippen LogP contribution in [0.3, 0.4) is 0 Å². The van der Waals surface area contributed by atoms with E-state index in [-0.39, 0.29) is 15.7 Å². The van der Waals surface area contributed by atoms with Crippen molar-refractivity contribution >= 4 is 44.2 Å². The summed E-state index contributed by atoms with van der Waals surface area (Å²) in [7, 11) is -3.83. The molecule has 0 spiro atoms. The van der Waals surface area contributed by atoms with Gasteiger partial charge < -0.3 is 4.90 Å². The lowest BCUT2D eigenvalue weighted by atomic mass is 10.1. The van der Waals surface area contributed by atoms with E-state index in [9.17, 15) is 8.42 Å². The van der Waals surface area contributed by atoms with Crippen molar-refractivity contribution in [3.63, 3.8) is 0 Å². The highest BCUT2D eigenvalue weighted by Gasteiger charge is 2.18. The highest BCUT2D eigenvalue weighted by Crippen LogP contribution is 2.32. The number of aromatic amines is 1. The summed E-state index contributed by atoms with van der Waals surface area (Å²) in [6.45, 7) is 2.07. The fourth-order valence-electron chi connectivity index (χ4n) is 4.60. The van der Waals surface area contributed by atoms with Crippen LogP contribution in [0.5, 0.6) is 0 Å². The topological polar surface area (TPSA) is 117 Å². The van der Waals surface area contributed by atoms with E-state index in [1.54, 1.807) is 36.7 Å². The predicted octanol–water partition coefficient (Wildman–Crippen LogP) is 5.53. The van der Waals surface area contributed by atoms with Crippen LogP contribution in [0.4, 0.5) is 11.5 Å². The van der Waals surface area contributed by atoms with Crippen LogP contribution < -0.4 is 9.62 Å². The number of hydrogen-bond donors (Lipinski definition) is 2. The summed E-state index contributed by atoms with van der Waals surface area (Å²) < 4.78 is 28.2. The van der Waals surface area contributed by atoms with E-state index < -0.39 is 10.0 Å². The van der Waals surface area contributed by atoms with Crippen molar-refractivity contribution in [1.29, 1.82) is 0 Å². The second-order valence-electron chi connectivity index (χ2n) is 9.13. The van der Waals surface area contributed by atoms with Gasteiger partial charge in [0.1, 0.15) is 5.82 Å². The van der Waals surface area contributed by atoms with Gasteiger partial charge in [0, 0.05) is 53.8 Å². The van der Waals surface area contributed by atoms with Crippen LogP contribution in [0.1, 0.15) is 19.3 Å². The SMILES string of the molecule is O=S(=O)(Nc1cc(-c2cnc3n[nH]c(-c4ccc(N5CCCCC5)nc4)c3c2)cnc1Cl)c1ccccc1. The summed E-state index contributed by atoms with van der Waals surface area (Å²) in [6, 6.07) is 15.8. The van der Waals surface area contributed by atoms with E-state index in [1.807, 2.05) is 24.4 Å². The molecule has 0 bridgehead atoms. The number of fused-ring (bicyclic) bond motifs is 1. The monoisotopic (exact) mass is 545 g/mol. The zero-order valence-electron chi connectivity index (χ0n) is 20.3. The molecule has 38 heavy (non-hydrogen) atoms. The number of benzene rings is 1. The van der Waals surface area contributed by atoms with Crippen LogP contribution in [0.25, 0.3) is 33.4 Å². The predicted molar refractivity (Wildman–Crippen MR) is 149 cm³/mol. The number of nitrogens with zero attached hydrogens (tertiary/aromatic N) is 5. The molecular weight excluding hydrogens is 522 g/mol. The zero-order valence-corrected chi connectivity index (χ0v) is 21.9. The molecule has 5 heterocycles. The minimum atomic E-state index is -3.83. The minimum Gasteiger partial charge on any atom is -0.357 e. The third-order valence-corrected chi connectivity index (χ3v) is 8.28.